The zero-order chi connectivity index (χ0) is 14.0. The Balaban J connectivity index is 2.46. The molecule has 0 aliphatic carbocycles. The van der Waals surface area contributed by atoms with E-state index >= 15 is 0 Å². The van der Waals surface area contributed by atoms with Crippen molar-refractivity contribution in [3.05, 3.63) is 45.3 Å². The van der Waals surface area contributed by atoms with Crippen molar-refractivity contribution in [2.75, 3.05) is 0 Å². The minimum absolute atomic E-state index is 0.00181. The van der Waals surface area contributed by atoms with Crippen LogP contribution in [0.25, 0.3) is 11.0 Å². The third kappa shape index (κ3) is 2.96. The number of nitrogens with one attached hydrogen (secondary N) is 1. The van der Waals surface area contributed by atoms with Crippen molar-refractivity contribution in [3.8, 4) is 0 Å². The lowest BCUT2D eigenvalue weighted by Crippen LogP contribution is -2.34. The molecule has 2 aromatic rings. The van der Waals surface area contributed by atoms with Gasteiger partial charge in [-0.1, -0.05) is 18.5 Å². The van der Waals surface area contributed by atoms with Gasteiger partial charge in [-0.3, -0.25) is 4.79 Å². The highest BCUT2D eigenvalue weighted by molar-refractivity contribution is 6.31. The Morgan fingerprint density at radius 3 is 2.84 bits per heavy atom. The summed E-state index contributed by atoms with van der Waals surface area (Å²) < 4.78 is 5.11. The Morgan fingerprint density at radius 2 is 2.16 bits per heavy atom. The SMILES string of the molecule is CCC(C)NC(=O)c1cc2cc(Cl)ccc2oc1=O. The average molecular weight is 280 g/mol. The fourth-order valence-electron chi connectivity index (χ4n) is 1.66. The normalized spacial score (nSPS) is 12.4. The van der Waals surface area contributed by atoms with Gasteiger partial charge in [0.25, 0.3) is 5.91 Å². The maximum Gasteiger partial charge on any atom is 0.349 e. The molecule has 0 saturated heterocycles. The number of rotatable bonds is 3. The van der Waals surface area contributed by atoms with Crippen LogP contribution in [-0.2, 0) is 0 Å². The molecule has 1 unspecified atom stereocenters. The fourth-order valence-corrected chi connectivity index (χ4v) is 1.84. The molecular weight excluding hydrogens is 266 g/mol. The third-order valence-electron chi connectivity index (χ3n) is 2.93. The largest absolute Gasteiger partial charge is 0.422 e. The van der Waals surface area contributed by atoms with Crippen molar-refractivity contribution in [2.45, 2.75) is 26.3 Å². The molecule has 0 radical (unpaired) electrons. The number of fused-ring (bicyclic) bond motifs is 1. The number of amides is 1. The molecular formula is C14H14ClNO3. The molecule has 1 atom stereocenters. The Bertz CT molecular complexity index is 678. The van der Waals surface area contributed by atoms with Crippen LogP contribution in [0.1, 0.15) is 30.6 Å². The molecule has 0 bridgehead atoms. The van der Waals surface area contributed by atoms with Gasteiger partial charge in [0, 0.05) is 16.5 Å². The summed E-state index contributed by atoms with van der Waals surface area (Å²) in [6.07, 6.45) is 0.788. The van der Waals surface area contributed by atoms with Gasteiger partial charge in [0.1, 0.15) is 11.1 Å². The molecule has 0 saturated carbocycles. The minimum atomic E-state index is -0.643. The van der Waals surface area contributed by atoms with Gasteiger partial charge < -0.3 is 9.73 Å². The van der Waals surface area contributed by atoms with Crippen LogP contribution >= 0.6 is 11.6 Å². The Hall–Kier alpha value is -1.81. The van der Waals surface area contributed by atoms with Crippen LogP contribution in [0.15, 0.2) is 33.5 Å². The van der Waals surface area contributed by atoms with E-state index < -0.39 is 11.5 Å². The Morgan fingerprint density at radius 1 is 1.42 bits per heavy atom. The fraction of sp³-hybridized carbons (Fsp3) is 0.286. The lowest BCUT2D eigenvalue weighted by atomic mass is 10.1. The standard InChI is InChI=1S/C14H14ClNO3/c1-3-8(2)16-13(17)11-7-9-6-10(15)4-5-12(9)19-14(11)18/h4-8H,3H2,1-2H3,(H,16,17). The molecule has 0 spiro atoms. The van der Waals surface area contributed by atoms with E-state index in [9.17, 15) is 9.59 Å². The number of carbonyl (C=O) groups is 1. The molecule has 0 aliphatic heterocycles. The smallest absolute Gasteiger partial charge is 0.349 e. The van der Waals surface area contributed by atoms with Gasteiger partial charge >= 0.3 is 5.63 Å². The molecule has 1 heterocycles. The first kappa shape index (κ1) is 13.6. The van der Waals surface area contributed by atoms with Crippen molar-refractivity contribution in [1.82, 2.24) is 5.32 Å². The van der Waals surface area contributed by atoms with Gasteiger partial charge in [-0.15, -0.1) is 0 Å². The highest BCUT2D eigenvalue weighted by Gasteiger charge is 2.15. The van der Waals surface area contributed by atoms with Crippen molar-refractivity contribution in [3.63, 3.8) is 0 Å². The molecule has 1 aromatic heterocycles. The van der Waals surface area contributed by atoms with Gasteiger partial charge in [0.05, 0.1) is 0 Å². The first-order chi connectivity index (χ1) is 9.01. The maximum absolute atomic E-state index is 12.0. The average Bonchev–Trinajstić information content (AvgIpc) is 2.38. The lowest BCUT2D eigenvalue weighted by Gasteiger charge is -2.10. The topological polar surface area (TPSA) is 59.3 Å². The van der Waals surface area contributed by atoms with Gasteiger partial charge in [0.2, 0.25) is 0 Å². The number of carbonyl (C=O) groups excluding carboxylic acids is 1. The van der Waals surface area contributed by atoms with Crippen molar-refractivity contribution in [1.29, 1.82) is 0 Å². The zero-order valence-electron chi connectivity index (χ0n) is 10.7. The molecule has 1 N–H and O–H groups in total. The highest BCUT2D eigenvalue weighted by atomic mass is 35.5. The second kappa shape index (κ2) is 5.45. The summed E-state index contributed by atoms with van der Waals surface area (Å²) in [5.41, 5.74) is -0.236. The Kier molecular flexibility index (Phi) is 3.90. The van der Waals surface area contributed by atoms with Crippen LogP contribution in [0.2, 0.25) is 5.02 Å². The van der Waals surface area contributed by atoms with Crippen LogP contribution in [0, 0.1) is 0 Å². The van der Waals surface area contributed by atoms with E-state index in [1.54, 1.807) is 18.2 Å². The first-order valence-electron chi connectivity index (χ1n) is 6.05. The minimum Gasteiger partial charge on any atom is -0.422 e. The molecule has 0 aliphatic rings. The van der Waals surface area contributed by atoms with Gasteiger partial charge in [-0.25, -0.2) is 4.79 Å². The van der Waals surface area contributed by atoms with Crippen LogP contribution in [0.5, 0.6) is 0 Å². The third-order valence-corrected chi connectivity index (χ3v) is 3.16. The molecule has 19 heavy (non-hydrogen) atoms. The van der Waals surface area contributed by atoms with E-state index in [2.05, 4.69) is 5.32 Å². The van der Waals surface area contributed by atoms with E-state index in [0.717, 1.165) is 6.42 Å². The van der Waals surface area contributed by atoms with E-state index in [-0.39, 0.29) is 11.6 Å². The number of halogens is 1. The van der Waals surface area contributed by atoms with Crippen LogP contribution in [0.4, 0.5) is 0 Å². The number of hydrogen-bond donors (Lipinski definition) is 1. The highest BCUT2D eigenvalue weighted by Crippen LogP contribution is 2.18. The predicted molar refractivity (Wildman–Crippen MR) is 74.7 cm³/mol. The van der Waals surface area contributed by atoms with Gasteiger partial charge in [0.15, 0.2) is 0 Å². The van der Waals surface area contributed by atoms with Crippen LogP contribution in [0.3, 0.4) is 0 Å². The summed E-state index contributed by atoms with van der Waals surface area (Å²) in [6.45, 7) is 3.82. The second-order valence-corrected chi connectivity index (χ2v) is 4.85. The second-order valence-electron chi connectivity index (χ2n) is 4.41. The molecule has 5 heteroatoms. The molecule has 4 nitrogen and oxygen atoms in total. The zero-order valence-corrected chi connectivity index (χ0v) is 11.5. The number of benzene rings is 1. The van der Waals surface area contributed by atoms with Gasteiger partial charge in [-0.05, 0) is 37.6 Å². The maximum atomic E-state index is 12.0. The van der Waals surface area contributed by atoms with Crippen molar-refractivity contribution in [2.24, 2.45) is 0 Å². The van der Waals surface area contributed by atoms with Crippen molar-refractivity contribution >= 4 is 28.5 Å². The summed E-state index contributed by atoms with van der Waals surface area (Å²) in [7, 11) is 0. The molecule has 1 aromatic carbocycles. The quantitative estimate of drug-likeness (QED) is 0.879. The Labute approximate surface area is 115 Å². The lowest BCUT2D eigenvalue weighted by molar-refractivity contribution is 0.0935. The van der Waals surface area contributed by atoms with E-state index in [1.165, 1.54) is 6.07 Å². The first-order valence-corrected chi connectivity index (χ1v) is 6.43. The van der Waals surface area contributed by atoms with Gasteiger partial charge in [-0.2, -0.15) is 0 Å². The van der Waals surface area contributed by atoms with E-state index in [1.807, 2.05) is 13.8 Å². The number of hydrogen-bond acceptors (Lipinski definition) is 3. The summed E-state index contributed by atoms with van der Waals surface area (Å²) in [5.74, 6) is -0.426. The summed E-state index contributed by atoms with van der Waals surface area (Å²) in [5, 5.41) is 3.88. The molecule has 100 valence electrons. The summed E-state index contributed by atoms with van der Waals surface area (Å²) in [6, 6.07) is 6.40. The monoisotopic (exact) mass is 279 g/mol. The van der Waals surface area contributed by atoms with Crippen molar-refractivity contribution < 1.29 is 9.21 Å². The van der Waals surface area contributed by atoms with E-state index in [0.29, 0.717) is 16.0 Å². The molecule has 2 rings (SSSR count). The summed E-state index contributed by atoms with van der Waals surface area (Å²) in [4.78, 5) is 23.7. The van der Waals surface area contributed by atoms with Crippen LogP contribution in [-0.4, -0.2) is 11.9 Å². The summed E-state index contributed by atoms with van der Waals surface area (Å²) >= 11 is 5.88. The molecule has 1 amide bonds. The van der Waals surface area contributed by atoms with Crippen LogP contribution < -0.4 is 10.9 Å². The molecule has 0 fully saturated rings. The van der Waals surface area contributed by atoms with E-state index in [4.69, 9.17) is 16.0 Å². The predicted octanol–water partition coefficient (Wildman–Crippen LogP) is 2.97.